The molecular weight excluding hydrogens is 220 g/mol. The van der Waals surface area contributed by atoms with Gasteiger partial charge in [0.2, 0.25) is 0 Å². The average molecular weight is 235 g/mol. The number of nitrogens with zero attached hydrogens (tertiary/aromatic N) is 2. The zero-order valence-electron chi connectivity index (χ0n) is 9.02. The molecule has 0 bridgehead atoms. The van der Waals surface area contributed by atoms with Gasteiger partial charge in [0.05, 0.1) is 0 Å². The van der Waals surface area contributed by atoms with Gasteiger partial charge in [0.1, 0.15) is 6.54 Å². The van der Waals surface area contributed by atoms with E-state index >= 15 is 0 Å². The molecule has 1 aromatic heterocycles. The van der Waals surface area contributed by atoms with Crippen molar-refractivity contribution >= 4 is 12.2 Å². The van der Waals surface area contributed by atoms with Crippen molar-refractivity contribution in [1.82, 2.24) is 14.8 Å². The quantitative estimate of drug-likeness (QED) is 0.774. The van der Waals surface area contributed by atoms with Crippen molar-refractivity contribution in [1.29, 1.82) is 0 Å². The maximum absolute atomic E-state index is 5.17. The lowest BCUT2D eigenvalue weighted by Crippen LogP contribution is -2.48. The molecule has 0 unspecified atom stereocenters. The second kappa shape index (κ2) is 5.05. The molecule has 0 saturated heterocycles. The van der Waals surface area contributed by atoms with Crippen molar-refractivity contribution in [2.24, 2.45) is 0 Å². The molecule has 0 atom stereocenters. The third-order valence-corrected chi connectivity index (χ3v) is 2.84. The Bertz CT molecular complexity index is 500. The summed E-state index contributed by atoms with van der Waals surface area (Å²) in [6, 6.07) is 10.4. The average Bonchev–Trinajstić information content (AvgIpc) is 2.69. The van der Waals surface area contributed by atoms with Crippen LogP contribution in [0.5, 0.6) is 0 Å². The van der Waals surface area contributed by atoms with Crippen molar-refractivity contribution < 1.29 is 5.73 Å². The predicted molar refractivity (Wildman–Crippen MR) is 64.1 cm³/mol. The third-order valence-electron chi connectivity index (χ3n) is 2.53. The van der Waals surface area contributed by atoms with E-state index in [-0.39, 0.29) is 0 Å². The second-order valence-corrected chi connectivity index (χ2v) is 3.97. The Balaban J connectivity index is 2.10. The van der Waals surface area contributed by atoms with E-state index in [9.17, 15) is 0 Å². The van der Waals surface area contributed by atoms with Crippen molar-refractivity contribution in [3.63, 3.8) is 0 Å². The molecule has 0 aliphatic rings. The van der Waals surface area contributed by atoms with E-state index in [4.69, 9.17) is 12.2 Å². The molecule has 0 fully saturated rings. The van der Waals surface area contributed by atoms with Crippen LogP contribution in [0.2, 0.25) is 0 Å². The van der Waals surface area contributed by atoms with Crippen molar-refractivity contribution in [3.8, 4) is 0 Å². The Labute approximate surface area is 99.1 Å². The van der Waals surface area contributed by atoms with Crippen LogP contribution in [0.3, 0.4) is 0 Å². The minimum atomic E-state index is 0.655. The Morgan fingerprint density at radius 2 is 2.06 bits per heavy atom. The highest BCUT2D eigenvalue weighted by Crippen LogP contribution is 2.03. The fourth-order valence-electron chi connectivity index (χ4n) is 1.66. The van der Waals surface area contributed by atoms with Gasteiger partial charge in [-0.1, -0.05) is 30.3 Å². The second-order valence-electron chi connectivity index (χ2n) is 3.58. The number of hydrogen-bond donors (Lipinski definition) is 2. The SMILES string of the molecule is [NH3+]Cc1n[nH]c(=S)n1CCc1ccccc1. The molecule has 0 saturated carbocycles. The Morgan fingerprint density at radius 3 is 2.75 bits per heavy atom. The molecule has 1 heterocycles. The van der Waals surface area contributed by atoms with E-state index < -0.39 is 0 Å². The summed E-state index contributed by atoms with van der Waals surface area (Å²) in [6.07, 6.45) is 0.960. The summed E-state index contributed by atoms with van der Waals surface area (Å²) in [7, 11) is 0. The Morgan fingerprint density at radius 1 is 1.31 bits per heavy atom. The Kier molecular flexibility index (Phi) is 3.48. The van der Waals surface area contributed by atoms with E-state index in [0.29, 0.717) is 11.3 Å². The molecular formula is C11H15N4S+. The molecule has 0 aliphatic carbocycles. The molecule has 2 aromatic rings. The fourth-order valence-corrected chi connectivity index (χ4v) is 1.90. The summed E-state index contributed by atoms with van der Waals surface area (Å²) in [5.41, 5.74) is 5.14. The first-order valence-electron chi connectivity index (χ1n) is 5.28. The van der Waals surface area contributed by atoms with Crippen LogP contribution >= 0.6 is 12.2 Å². The topological polar surface area (TPSA) is 61.2 Å². The van der Waals surface area contributed by atoms with Crippen molar-refractivity contribution in [3.05, 3.63) is 46.5 Å². The van der Waals surface area contributed by atoms with Crippen LogP contribution in [0.4, 0.5) is 0 Å². The summed E-state index contributed by atoms with van der Waals surface area (Å²) in [5, 5.41) is 6.93. The van der Waals surface area contributed by atoms with E-state index in [1.165, 1.54) is 5.56 Å². The number of H-pyrrole nitrogens is 1. The van der Waals surface area contributed by atoms with Gasteiger partial charge < -0.3 is 5.73 Å². The number of quaternary nitrogens is 1. The van der Waals surface area contributed by atoms with Gasteiger partial charge in [0.15, 0.2) is 10.6 Å². The van der Waals surface area contributed by atoms with Gasteiger partial charge in [-0.05, 0) is 24.2 Å². The third kappa shape index (κ3) is 2.37. The summed E-state index contributed by atoms with van der Waals surface area (Å²) < 4.78 is 2.68. The number of aromatic amines is 1. The number of rotatable bonds is 4. The summed E-state index contributed by atoms with van der Waals surface area (Å²) in [6.45, 7) is 1.51. The van der Waals surface area contributed by atoms with Gasteiger partial charge >= 0.3 is 0 Å². The van der Waals surface area contributed by atoms with Gasteiger partial charge in [-0.3, -0.25) is 9.67 Å². The molecule has 0 spiro atoms. The molecule has 0 amide bonds. The zero-order chi connectivity index (χ0) is 11.4. The monoisotopic (exact) mass is 235 g/mol. The highest BCUT2D eigenvalue weighted by Gasteiger charge is 2.05. The lowest BCUT2D eigenvalue weighted by molar-refractivity contribution is -0.389. The van der Waals surface area contributed by atoms with Crippen LogP contribution < -0.4 is 5.73 Å². The van der Waals surface area contributed by atoms with Crippen LogP contribution in [-0.2, 0) is 19.5 Å². The minimum Gasteiger partial charge on any atom is -0.351 e. The first kappa shape index (κ1) is 11.0. The first-order valence-corrected chi connectivity index (χ1v) is 5.69. The highest BCUT2D eigenvalue weighted by atomic mass is 32.1. The van der Waals surface area contributed by atoms with Crippen LogP contribution in [0.1, 0.15) is 11.4 Å². The standard InChI is InChI=1S/C11H14N4S/c12-8-10-13-14-11(16)15(10)7-6-9-4-2-1-3-5-9/h1-5H,6-8,12H2,(H,14,16)/p+1. The van der Waals surface area contributed by atoms with Gasteiger partial charge in [0.25, 0.3) is 0 Å². The van der Waals surface area contributed by atoms with Crippen molar-refractivity contribution in [2.45, 2.75) is 19.5 Å². The molecule has 84 valence electrons. The minimum absolute atomic E-state index is 0.655. The maximum atomic E-state index is 5.17. The lowest BCUT2D eigenvalue weighted by atomic mass is 10.1. The molecule has 4 nitrogen and oxygen atoms in total. The van der Waals surface area contributed by atoms with E-state index in [1.807, 2.05) is 22.8 Å². The van der Waals surface area contributed by atoms with Gasteiger partial charge in [-0.2, -0.15) is 5.10 Å². The molecule has 0 aliphatic heterocycles. The molecule has 4 N–H and O–H groups in total. The fraction of sp³-hybridized carbons (Fsp3) is 0.273. The van der Waals surface area contributed by atoms with Gasteiger partial charge in [-0.15, -0.1) is 0 Å². The van der Waals surface area contributed by atoms with Crippen LogP contribution in [0, 0.1) is 4.77 Å². The van der Waals surface area contributed by atoms with Crippen LogP contribution in [-0.4, -0.2) is 14.8 Å². The highest BCUT2D eigenvalue weighted by molar-refractivity contribution is 7.71. The first-order chi connectivity index (χ1) is 7.81. The number of benzene rings is 1. The van der Waals surface area contributed by atoms with Gasteiger partial charge in [-0.25, -0.2) is 0 Å². The molecule has 2 rings (SSSR count). The number of hydrogen-bond acceptors (Lipinski definition) is 2. The molecule has 0 radical (unpaired) electrons. The summed E-state index contributed by atoms with van der Waals surface area (Å²) >= 11 is 5.17. The van der Waals surface area contributed by atoms with E-state index in [1.54, 1.807) is 0 Å². The summed E-state index contributed by atoms with van der Waals surface area (Å²) in [5.74, 6) is 0.918. The zero-order valence-corrected chi connectivity index (χ0v) is 9.83. The summed E-state index contributed by atoms with van der Waals surface area (Å²) in [4.78, 5) is 0. The van der Waals surface area contributed by atoms with E-state index in [0.717, 1.165) is 18.8 Å². The van der Waals surface area contributed by atoms with Gasteiger partial charge in [0, 0.05) is 6.54 Å². The molecule has 16 heavy (non-hydrogen) atoms. The van der Waals surface area contributed by atoms with Crippen molar-refractivity contribution in [2.75, 3.05) is 0 Å². The maximum Gasteiger partial charge on any atom is 0.195 e. The normalized spacial score (nSPS) is 10.6. The van der Waals surface area contributed by atoms with Crippen LogP contribution in [0.25, 0.3) is 0 Å². The van der Waals surface area contributed by atoms with Crippen LogP contribution in [0.15, 0.2) is 30.3 Å². The smallest absolute Gasteiger partial charge is 0.195 e. The predicted octanol–water partition coefficient (Wildman–Crippen LogP) is 0.925. The number of aromatic nitrogens is 3. The largest absolute Gasteiger partial charge is 0.351 e. The van der Waals surface area contributed by atoms with E-state index in [2.05, 4.69) is 28.1 Å². The number of aryl methyl sites for hydroxylation is 1. The lowest BCUT2D eigenvalue weighted by Gasteiger charge is -2.04. The number of nitrogens with one attached hydrogen (secondary N) is 1. The molecule has 5 heteroatoms. The Hall–Kier alpha value is -1.46. The molecule has 1 aromatic carbocycles.